The van der Waals surface area contributed by atoms with Crippen LogP contribution in [-0.2, 0) is 0 Å². The van der Waals surface area contributed by atoms with Crippen LogP contribution < -0.4 is 5.32 Å². The quantitative estimate of drug-likeness (QED) is 0.845. The van der Waals surface area contributed by atoms with Crippen LogP contribution in [0.4, 0.5) is 5.82 Å². The van der Waals surface area contributed by atoms with Crippen LogP contribution in [0.2, 0.25) is 0 Å². The summed E-state index contributed by atoms with van der Waals surface area (Å²) in [5, 5.41) is 13.5. The fourth-order valence-electron chi connectivity index (χ4n) is 2.52. The van der Waals surface area contributed by atoms with Gasteiger partial charge in [0.2, 0.25) is 0 Å². The van der Waals surface area contributed by atoms with Gasteiger partial charge < -0.3 is 10.4 Å². The van der Waals surface area contributed by atoms with Gasteiger partial charge in [-0.25, -0.2) is 4.98 Å². The summed E-state index contributed by atoms with van der Waals surface area (Å²) >= 11 is 0. The number of nitrogens with one attached hydrogen (secondary N) is 1. The molecule has 1 saturated carbocycles. The summed E-state index contributed by atoms with van der Waals surface area (Å²) in [4.78, 5) is 4.42. The van der Waals surface area contributed by atoms with Gasteiger partial charge in [0, 0.05) is 17.7 Å². The molecule has 0 aliphatic heterocycles. The lowest BCUT2D eigenvalue weighted by Gasteiger charge is -2.38. The number of rotatable bonds is 3. The second-order valence-corrected chi connectivity index (χ2v) is 5.43. The monoisotopic (exact) mass is 234 g/mol. The zero-order valence-electron chi connectivity index (χ0n) is 10.7. The zero-order valence-corrected chi connectivity index (χ0v) is 10.7. The van der Waals surface area contributed by atoms with Gasteiger partial charge in [-0.15, -0.1) is 0 Å². The van der Waals surface area contributed by atoms with E-state index in [1.54, 1.807) is 0 Å². The molecular formula is C14H22N2O. The third kappa shape index (κ3) is 2.97. The van der Waals surface area contributed by atoms with E-state index in [2.05, 4.69) is 17.2 Å². The molecule has 1 aromatic heterocycles. The molecular weight excluding hydrogens is 212 g/mol. The van der Waals surface area contributed by atoms with Crippen molar-refractivity contribution in [2.24, 2.45) is 5.41 Å². The highest BCUT2D eigenvalue weighted by Gasteiger charge is 2.35. The largest absolute Gasteiger partial charge is 0.392 e. The highest BCUT2D eigenvalue weighted by molar-refractivity contribution is 5.35. The summed E-state index contributed by atoms with van der Waals surface area (Å²) in [6.45, 7) is 4.95. The van der Waals surface area contributed by atoms with Gasteiger partial charge in [0.25, 0.3) is 0 Å². The van der Waals surface area contributed by atoms with E-state index in [0.717, 1.165) is 37.3 Å². The lowest BCUT2D eigenvalue weighted by atomic mass is 9.73. The van der Waals surface area contributed by atoms with E-state index in [4.69, 9.17) is 0 Å². The highest BCUT2D eigenvalue weighted by atomic mass is 16.3. The van der Waals surface area contributed by atoms with Crippen LogP contribution in [0.5, 0.6) is 0 Å². The van der Waals surface area contributed by atoms with Crippen LogP contribution >= 0.6 is 0 Å². The van der Waals surface area contributed by atoms with Crippen molar-refractivity contribution in [3.05, 3.63) is 23.9 Å². The van der Waals surface area contributed by atoms with Crippen molar-refractivity contribution in [1.82, 2.24) is 4.98 Å². The van der Waals surface area contributed by atoms with Crippen molar-refractivity contribution in [3.8, 4) is 0 Å². The van der Waals surface area contributed by atoms with Crippen LogP contribution in [0, 0.1) is 12.3 Å². The Morgan fingerprint density at radius 2 is 2.29 bits per heavy atom. The van der Waals surface area contributed by atoms with E-state index in [1.165, 1.54) is 6.42 Å². The molecule has 2 rings (SSSR count). The van der Waals surface area contributed by atoms with E-state index in [1.807, 2.05) is 25.1 Å². The number of aliphatic hydroxyl groups excluding tert-OH is 1. The SMILES string of the molecule is Cc1cccc(NCC2(C)CCCCC2O)n1. The Labute approximate surface area is 103 Å². The van der Waals surface area contributed by atoms with Gasteiger partial charge in [-0.2, -0.15) is 0 Å². The molecule has 3 nitrogen and oxygen atoms in total. The topological polar surface area (TPSA) is 45.1 Å². The van der Waals surface area contributed by atoms with Crippen LogP contribution in [0.1, 0.15) is 38.3 Å². The predicted molar refractivity (Wildman–Crippen MR) is 70.0 cm³/mol. The van der Waals surface area contributed by atoms with Crippen LogP contribution in [0.15, 0.2) is 18.2 Å². The molecule has 3 heteroatoms. The van der Waals surface area contributed by atoms with Gasteiger partial charge in [-0.1, -0.05) is 25.8 Å². The number of hydrogen-bond donors (Lipinski definition) is 2. The second kappa shape index (κ2) is 5.05. The third-order valence-electron chi connectivity index (χ3n) is 3.84. The molecule has 17 heavy (non-hydrogen) atoms. The summed E-state index contributed by atoms with van der Waals surface area (Å²) in [6.07, 6.45) is 4.20. The average molecular weight is 234 g/mol. The first-order valence-corrected chi connectivity index (χ1v) is 6.46. The summed E-state index contributed by atoms with van der Waals surface area (Å²) in [6, 6.07) is 5.97. The van der Waals surface area contributed by atoms with Crippen LogP contribution in [0.3, 0.4) is 0 Å². The number of pyridine rings is 1. The molecule has 0 aromatic carbocycles. The lowest BCUT2D eigenvalue weighted by molar-refractivity contribution is 0.00958. The fraction of sp³-hybridized carbons (Fsp3) is 0.643. The molecule has 0 amide bonds. The molecule has 2 atom stereocenters. The minimum absolute atomic E-state index is 0.0102. The van der Waals surface area contributed by atoms with Crippen molar-refractivity contribution in [1.29, 1.82) is 0 Å². The first kappa shape index (κ1) is 12.4. The van der Waals surface area contributed by atoms with Gasteiger partial charge in [0.05, 0.1) is 6.10 Å². The van der Waals surface area contributed by atoms with Gasteiger partial charge in [-0.3, -0.25) is 0 Å². The minimum atomic E-state index is -0.187. The number of aliphatic hydroxyl groups is 1. The molecule has 0 radical (unpaired) electrons. The number of aryl methyl sites for hydroxylation is 1. The zero-order chi connectivity index (χ0) is 12.3. The Hall–Kier alpha value is -1.09. The Morgan fingerprint density at radius 3 is 3.00 bits per heavy atom. The van der Waals surface area contributed by atoms with Crippen LogP contribution in [-0.4, -0.2) is 22.7 Å². The second-order valence-electron chi connectivity index (χ2n) is 5.43. The molecule has 2 N–H and O–H groups in total. The molecule has 94 valence electrons. The molecule has 1 aliphatic rings. The highest BCUT2D eigenvalue weighted by Crippen LogP contribution is 2.36. The van der Waals surface area contributed by atoms with Crippen LogP contribution in [0.25, 0.3) is 0 Å². The van der Waals surface area contributed by atoms with E-state index >= 15 is 0 Å². The van der Waals surface area contributed by atoms with Crippen molar-refractivity contribution in [2.75, 3.05) is 11.9 Å². The van der Waals surface area contributed by atoms with Gasteiger partial charge in [-0.05, 0) is 31.9 Å². The normalized spacial score (nSPS) is 29.0. The number of anilines is 1. The predicted octanol–water partition coefficient (Wildman–Crippen LogP) is 2.74. The minimum Gasteiger partial charge on any atom is -0.392 e. The summed E-state index contributed by atoms with van der Waals surface area (Å²) in [5.41, 5.74) is 1.01. The summed E-state index contributed by atoms with van der Waals surface area (Å²) in [5.74, 6) is 0.906. The van der Waals surface area contributed by atoms with E-state index in [-0.39, 0.29) is 11.5 Å². The molecule has 1 fully saturated rings. The van der Waals surface area contributed by atoms with Gasteiger partial charge in [0.1, 0.15) is 5.82 Å². The maximum atomic E-state index is 10.1. The average Bonchev–Trinajstić information content (AvgIpc) is 2.31. The maximum Gasteiger partial charge on any atom is 0.126 e. The summed E-state index contributed by atoms with van der Waals surface area (Å²) < 4.78 is 0. The van der Waals surface area contributed by atoms with E-state index in [0.29, 0.717) is 0 Å². The molecule has 2 unspecified atom stereocenters. The maximum absolute atomic E-state index is 10.1. The first-order valence-electron chi connectivity index (χ1n) is 6.46. The summed E-state index contributed by atoms with van der Waals surface area (Å²) in [7, 11) is 0. The lowest BCUT2D eigenvalue weighted by Crippen LogP contribution is -2.41. The Bertz CT molecular complexity index is 380. The standard InChI is InChI=1S/C14H22N2O/c1-11-6-5-8-13(16-11)15-10-14(2)9-4-3-7-12(14)17/h5-6,8,12,17H,3-4,7,9-10H2,1-2H3,(H,15,16). The van der Waals surface area contributed by atoms with E-state index in [9.17, 15) is 5.11 Å². The number of nitrogens with zero attached hydrogens (tertiary/aromatic N) is 1. The number of hydrogen-bond acceptors (Lipinski definition) is 3. The van der Waals surface area contributed by atoms with Gasteiger partial charge >= 0.3 is 0 Å². The molecule has 0 saturated heterocycles. The molecule has 1 aliphatic carbocycles. The first-order chi connectivity index (χ1) is 8.10. The Kier molecular flexibility index (Phi) is 3.67. The van der Waals surface area contributed by atoms with E-state index < -0.39 is 0 Å². The molecule has 0 bridgehead atoms. The molecule has 1 aromatic rings. The van der Waals surface area contributed by atoms with Crippen molar-refractivity contribution in [2.45, 2.75) is 45.6 Å². The third-order valence-corrected chi connectivity index (χ3v) is 3.84. The van der Waals surface area contributed by atoms with Crippen molar-refractivity contribution >= 4 is 5.82 Å². The Balaban J connectivity index is 1.97. The van der Waals surface area contributed by atoms with Crippen molar-refractivity contribution in [3.63, 3.8) is 0 Å². The fourth-order valence-corrected chi connectivity index (χ4v) is 2.52. The van der Waals surface area contributed by atoms with Crippen molar-refractivity contribution < 1.29 is 5.11 Å². The molecule has 1 heterocycles. The van der Waals surface area contributed by atoms with Gasteiger partial charge in [0.15, 0.2) is 0 Å². The molecule has 0 spiro atoms. The Morgan fingerprint density at radius 1 is 1.47 bits per heavy atom. The number of aromatic nitrogens is 1. The smallest absolute Gasteiger partial charge is 0.126 e.